The maximum atomic E-state index is 13.2. The number of hydrogen-bond donors (Lipinski definition) is 1. The molecular weight excluding hydrogens is 410 g/mol. The zero-order chi connectivity index (χ0) is 22.8. The van der Waals surface area contributed by atoms with Crippen molar-refractivity contribution < 1.29 is 14.3 Å². The molecule has 0 saturated carbocycles. The predicted octanol–water partition coefficient (Wildman–Crippen LogP) is 2.85. The summed E-state index contributed by atoms with van der Waals surface area (Å²) in [6.45, 7) is 3.49. The predicted molar refractivity (Wildman–Crippen MR) is 121 cm³/mol. The SMILES string of the molecule is COc1ccc(NC(=O)Cn2nc(C)c3cnn(-c4ccccc4C)c3c2=O)cc1OC. The fraction of sp³-hybridized carbons (Fsp3) is 0.217. The molecule has 2 heterocycles. The molecule has 0 saturated heterocycles. The third kappa shape index (κ3) is 3.80. The largest absolute Gasteiger partial charge is 0.493 e. The highest BCUT2D eigenvalue weighted by molar-refractivity contribution is 5.91. The molecule has 0 aliphatic carbocycles. The van der Waals surface area contributed by atoms with Crippen molar-refractivity contribution in [3.05, 3.63) is 70.3 Å². The lowest BCUT2D eigenvalue weighted by atomic mass is 10.2. The number of anilines is 1. The molecule has 32 heavy (non-hydrogen) atoms. The lowest BCUT2D eigenvalue weighted by molar-refractivity contribution is -0.117. The minimum atomic E-state index is -0.396. The second-order valence-electron chi connectivity index (χ2n) is 7.27. The maximum absolute atomic E-state index is 13.2. The van der Waals surface area contributed by atoms with E-state index in [4.69, 9.17) is 9.47 Å². The Balaban J connectivity index is 1.67. The summed E-state index contributed by atoms with van der Waals surface area (Å²) in [6.07, 6.45) is 1.62. The fourth-order valence-corrected chi connectivity index (χ4v) is 3.56. The maximum Gasteiger partial charge on any atom is 0.293 e. The Kier molecular flexibility index (Phi) is 5.63. The van der Waals surface area contributed by atoms with E-state index in [0.29, 0.717) is 33.8 Å². The fourth-order valence-electron chi connectivity index (χ4n) is 3.56. The molecule has 4 rings (SSSR count). The topological polar surface area (TPSA) is 100 Å². The molecule has 0 radical (unpaired) electrons. The molecule has 0 spiro atoms. The molecule has 2 aromatic carbocycles. The Bertz CT molecular complexity index is 1370. The van der Waals surface area contributed by atoms with Crippen molar-refractivity contribution in [2.75, 3.05) is 19.5 Å². The normalized spacial score (nSPS) is 10.9. The Labute approximate surface area is 184 Å². The monoisotopic (exact) mass is 433 g/mol. The van der Waals surface area contributed by atoms with Crippen LogP contribution in [0.1, 0.15) is 11.3 Å². The van der Waals surface area contributed by atoms with E-state index in [1.807, 2.05) is 31.2 Å². The number of rotatable bonds is 6. The molecule has 0 unspecified atom stereocenters. The Morgan fingerprint density at radius 2 is 1.81 bits per heavy atom. The van der Waals surface area contributed by atoms with Gasteiger partial charge in [-0.1, -0.05) is 18.2 Å². The van der Waals surface area contributed by atoms with Crippen molar-refractivity contribution in [3.63, 3.8) is 0 Å². The molecular formula is C23H23N5O4. The quantitative estimate of drug-likeness (QED) is 0.502. The number of aryl methyl sites for hydroxylation is 2. The van der Waals surface area contributed by atoms with Crippen LogP contribution in [0.25, 0.3) is 16.6 Å². The highest BCUT2D eigenvalue weighted by atomic mass is 16.5. The van der Waals surface area contributed by atoms with Crippen LogP contribution in [0.15, 0.2) is 53.5 Å². The summed E-state index contributed by atoms with van der Waals surface area (Å²) >= 11 is 0. The number of ether oxygens (including phenoxy) is 2. The van der Waals surface area contributed by atoms with Gasteiger partial charge in [0.2, 0.25) is 5.91 Å². The third-order valence-electron chi connectivity index (χ3n) is 5.17. The van der Waals surface area contributed by atoms with E-state index in [2.05, 4.69) is 15.5 Å². The molecule has 9 heteroatoms. The molecule has 9 nitrogen and oxygen atoms in total. The lowest BCUT2D eigenvalue weighted by Crippen LogP contribution is -2.31. The molecule has 2 aromatic heterocycles. The van der Waals surface area contributed by atoms with Gasteiger partial charge in [-0.05, 0) is 37.6 Å². The first-order chi connectivity index (χ1) is 15.4. The number of aromatic nitrogens is 4. The van der Waals surface area contributed by atoms with E-state index >= 15 is 0 Å². The van der Waals surface area contributed by atoms with Crippen LogP contribution in [-0.4, -0.2) is 39.7 Å². The first kappa shape index (κ1) is 21.1. The molecule has 0 atom stereocenters. The number of benzene rings is 2. The summed E-state index contributed by atoms with van der Waals surface area (Å²) in [5, 5.41) is 12.1. The van der Waals surface area contributed by atoms with Crippen molar-refractivity contribution in [2.24, 2.45) is 0 Å². The van der Waals surface area contributed by atoms with Crippen LogP contribution in [0, 0.1) is 13.8 Å². The van der Waals surface area contributed by atoms with Crippen molar-refractivity contribution in [1.29, 1.82) is 0 Å². The van der Waals surface area contributed by atoms with Gasteiger partial charge in [-0.2, -0.15) is 10.2 Å². The number of hydrogen-bond acceptors (Lipinski definition) is 6. The van der Waals surface area contributed by atoms with Crippen LogP contribution in [0.3, 0.4) is 0 Å². The van der Waals surface area contributed by atoms with Crippen LogP contribution in [0.2, 0.25) is 0 Å². The number of carbonyl (C=O) groups excluding carboxylic acids is 1. The molecule has 1 amide bonds. The van der Waals surface area contributed by atoms with E-state index in [0.717, 1.165) is 15.9 Å². The summed E-state index contributed by atoms with van der Waals surface area (Å²) < 4.78 is 13.2. The first-order valence-corrected chi connectivity index (χ1v) is 9.96. The van der Waals surface area contributed by atoms with E-state index < -0.39 is 11.5 Å². The van der Waals surface area contributed by atoms with Crippen LogP contribution in [0.4, 0.5) is 5.69 Å². The Morgan fingerprint density at radius 3 is 2.53 bits per heavy atom. The van der Waals surface area contributed by atoms with Gasteiger partial charge >= 0.3 is 0 Å². The Morgan fingerprint density at radius 1 is 1.06 bits per heavy atom. The smallest absolute Gasteiger partial charge is 0.293 e. The van der Waals surface area contributed by atoms with Gasteiger partial charge in [-0.15, -0.1) is 0 Å². The summed E-state index contributed by atoms with van der Waals surface area (Å²) in [6, 6.07) is 12.7. The number of nitrogens with zero attached hydrogens (tertiary/aromatic N) is 4. The number of nitrogens with one attached hydrogen (secondary N) is 1. The van der Waals surface area contributed by atoms with Gasteiger partial charge < -0.3 is 14.8 Å². The summed E-state index contributed by atoms with van der Waals surface area (Å²) in [7, 11) is 3.05. The van der Waals surface area contributed by atoms with E-state index in [1.54, 1.807) is 36.0 Å². The lowest BCUT2D eigenvalue weighted by Gasteiger charge is -2.12. The van der Waals surface area contributed by atoms with Crippen LogP contribution < -0.4 is 20.3 Å². The van der Waals surface area contributed by atoms with Crippen molar-refractivity contribution in [2.45, 2.75) is 20.4 Å². The average Bonchev–Trinajstić information content (AvgIpc) is 3.23. The van der Waals surface area contributed by atoms with Gasteiger partial charge in [0.05, 0.1) is 31.8 Å². The number of carbonyl (C=O) groups is 1. The number of methoxy groups -OCH3 is 2. The van der Waals surface area contributed by atoms with E-state index in [9.17, 15) is 9.59 Å². The van der Waals surface area contributed by atoms with Crippen molar-refractivity contribution in [1.82, 2.24) is 19.6 Å². The average molecular weight is 433 g/mol. The summed E-state index contributed by atoms with van der Waals surface area (Å²) in [5.74, 6) is 0.640. The number of fused-ring (bicyclic) bond motifs is 1. The van der Waals surface area contributed by atoms with Crippen LogP contribution in [0.5, 0.6) is 11.5 Å². The summed E-state index contributed by atoms with van der Waals surface area (Å²) in [5.41, 5.74) is 2.89. The van der Waals surface area contributed by atoms with Crippen molar-refractivity contribution >= 4 is 22.5 Å². The minimum Gasteiger partial charge on any atom is -0.493 e. The first-order valence-electron chi connectivity index (χ1n) is 9.96. The van der Waals surface area contributed by atoms with E-state index in [1.165, 1.54) is 14.2 Å². The second-order valence-corrected chi connectivity index (χ2v) is 7.27. The van der Waals surface area contributed by atoms with Gasteiger partial charge in [0.15, 0.2) is 11.5 Å². The van der Waals surface area contributed by atoms with E-state index in [-0.39, 0.29) is 6.54 Å². The molecule has 1 N–H and O–H groups in total. The number of amides is 1. The van der Waals surface area contributed by atoms with Crippen LogP contribution >= 0.6 is 0 Å². The van der Waals surface area contributed by atoms with Gasteiger partial charge in [0.1, 0.15) is 12.1 Å². The van der Waals surface area contributed by atoms with Gasteiger partial charge in [0.25, 0.3) is 5.56 Å². The standard InChI is InChI=1S/C23H23N5O4/c1-14-7-5-6-8-18(14)28-22-17(12-24-28)15(2)26-27(23(22)30)13-21(29)25-16-9-10-19(31-3)20(11-16)32-4/h5-12H,13H2,1-4H3,(H,25,29). The highest BCUT2D eigenvalue weighted by Gasteiger charge is 2.17. The summed E-state index contributed by atoms with van der Waals surface area (Å²) in [4.78, 5) is 25.9. The van der Waals surface area contributed by atoms with Gasteiger partial charge in [-0.25, -0.2) is 9.36 Å². The molecule has 0 bridgehead atoms. The number of para-hydroxylation sites is 1. The second kappa shape index (κ2) is 8.54. The molecule has 4 aromatic rings. The minimum absolute atomic E-state index is 0.247. The zero-order valence-electron chi connectivity index (χ0n) is 18.2. The molecule has 164 valence electrons. The molecule has 0 aliphatic heterocycles. The van der Waals surface area contributed by atoms with Gasteiger partial charge in [0, 0.05) is 17.1 Å². The highest BCUT2D eigenvalue weighted by Crippen LogP contribution is 2.29. The zero-order valence-corrected chi connectivity index (χ0v) is 18.2. The van der Waals surface area contributed by atoms with Gasteiger partial charge in [-0.3, -0.25) is 9.59 Å². The Hall–Kier alpha value is -4.14. The molecule has 0 fully saturated rings. The molecule has 0 aliphatic rings. The third-order valence-corrected chi connectivity index (χ3v) is 5.17. The van der Waals surface area contributed by atoms with Crippen molar-refractivity contribution in [3.8, 4) is 17.2 Å². The van der Waals surface area contributed by atoms with Crippen LogP contribution in [-0.2, 0) is 11.3 Å².